The number of likely N-dealkylation sites (tertiary alicyclic amines) is 1. The summed E-state index contributed by atoms with van der Waals surface area (Å²) >= 11 is 0. The second-order valence-electron chi connectivity index (χ2n) is 6.05. The molecule has 1 heterocycles. The molecule has 0 bridgehead atoms. The Morgan fingerprint density at radius 2 is 1.60 bits per heavy atom. The van der Waals surface area contributed by atoms with E-state index in [0.717, 1.165) is 0 Å². The minimum absolute atomic E-state index is 0.148. The van der Waals surface area contributed by atoms with Gasteiger partial charge in [-0.05, 0) is 20.8 Å². The Hall–Kier alpha value is -0.763. The summed E-state index contributed by atoms with van der Waals surface area (Å²) in [6.45, 7) is 7.40. The van der Waals surface area contributed by atoms with E-state index in [-0.39, 0.29) is 23.8 Å². The molecule has 0 aromatic heterocycles. The summed E-state index contributed by atoms with van der Waals surface area (Å²) in [5.41, 5.74) is -0.786. The van der Waals surface area contributed by atoms with Gasteiger partial charge in [0, 0.05) is 38.8 Å². The van der Waals surface area contributed by atoms with Crippen LogP contribution in [-0.2, 0) is 22.9 Å². The third-order valence-electron chi connectivity index (χ3n) is 3.87. The molecule has 0 spiro atoms. The smallest absolute Gasteiger partial charge is 0.377 e. The van der Waals surface area contributed by atoms with Crippen LogP contribution in [0.15, 0.2) is 0 Å². The minimum Gasteiger partial charge on any atom is -0.377 e. The Kier molecular flexibility index (Phi) is 5.12. The molecule has 0 saturated carbocycles. The highest BCUT2D eigenvalue weighted by molar-refractivity contribution is 6.62. The molecule has 1 saturated heterocycles. The molecule has 1 aliphatic rings. The summed E-state index contributed by atoms with van der Waals surface area (Å²) < 4.78 is 16.3. The fourth-order valence-corrected chi connectivity index (χ4v) is 5.17. The van der Waals surface area contributed by atoms with Crippen molar-refractivity contribution in [1.29, 1.82) is 0 Å². The van der Waals surface area contributed by atoms with Gasteiger partial charge in [0.2, 0.25) is 11.8 Å². The van der Waals surface area contributed by atoms with E-state index in [0.29, 0.717) is 0 Å². The van der Waals surface area contributed by atoms with Gasteiger partial charge in [-0.2, -0.15) is 0 Å². The predicted octanol–water partition coefficient (Wildman–Crippen LogP) is 1.43. The molecule has 0 radical (unpaired) electrons. The van der Waals surface area contributed by atoms with Crippen molar-refractivity contribution < 1.29 is 22.9 Å². The maximum atomic E-state index is 12.6. The van der Waals surface area contributed by atoms with Crippen LogP contribution in [0.25, 0.3) is 0 Å². The predicted molar refractivity (Wildman–Crippen MR) is 75.9 cm³/mol. The van der Waals surface area contributed by atoms with E-state index < -0.39 is 20.3 Å². The molecule has 0 N–H and O–H groups in total. The Balaban J connectivity index is 3.05. The summed E-state index contributed by atoms with van der Waals surface area (Å²) in [6, 6.07) is 0. The molecule has 2 unspecified atom stereocenters. The fraction of sp³-hybridized carbons (Fsp3) is 0.846. The van der Waals surface area contributed by atoms with E-state index in [1.165, 1.54) is 26.2 Å². The molecule has 6 nitrogen and oxygen atoms in total. The van der Waals surface area contributed by atoms with E-state index in [4.69, 9.17) is 13.3 Å². The van der Waals surface area contributed by atoms with Crippen molar-refractivity contribution in [1.82, 2.24) is 4.90 Å². The topological polar surface area (TPSA) is 65.1 Å². The van der Waals surface area contributed by atoms with E-state index in [2.05, 4.69) is 0 Å². The Morgan fingerprint density at radius 3 is 1.90 bits per heavy atom. The van der Waals surface area contributed by atoms with Gasteiger partial charge in [0.05, 0.1) is 5.92 Å². The highest BCUT2D eigenvalue weighted by Gasteiger charge is 2.55. The monoisotopic (exact) mass is 303 g/mol. The molecule has 1 rings (SSSR count). The van der Waals surface area contributed by atoms with Crippen molar-refractivity contribution in [2.75, 3.05) is 21.3 Å². The number of carbonyl (C=O) groups is 2. The highest BCUT2D eigenvalue weighted by atomic mass is 28.4. The highest BCUT2D eigenvalue weighted by Crippen LogP contribution is 2.40. The molecule has 1 fully saturated rings. The molecule has 1 aliphatic heterocycles. The third kappa shape index (κ3) is 2.81. The lowest BCUT2D eigenvalue weighted by molar-refractivity contribution is -0.144. The summed E-state index contributed by atoms with van der Waals surface area (Å²) in [5.74, 6) is -0.767. The number of amides is 2. The minimum atomic E-state index is -2.95. The van der Waals surface area contributed by atoms with Gasteiger partial charge in [-0.15, -0.1) is 0 Å². The van der Waals surface area contributed by atoms with Gasteiger partial charge in [0.15, 0.2) is 0 Å². The van der Waals surface area contributed by atoms with E-state index >= 15 is 0 Å². The molecule has 116 valence electrons. The zero-order valence-corrected chi connectivity index (χ0v) is 14.4. The van der Waals surface area contributed by atoms with Crippen LogP contribution in [-0.4, -0.2) is 52.4 Å². The van der Waals surface area contributed by atoms with Crippen LogP contribution >= 0.6 is 0 Å². The molecule has 7 heteroatoms. The van der Waals surface area contributed by atoms with E-state index in [9.17, 15) is 9.59 Å². The normalized spacial score (nSPS) is 22.6. The van der Waals surface area contributed by atoms with Gasteiger partial charge in [-0.3, -0.25) is 14.5 Å². The summed E-state index contributed by atoms with van der Waals surface area (Å²) in [5, 5.41) is 0. The molecule has 20 heavy (non-hydrogen) atoms. The molecule has 2 atom stereocenters. The van der Waals surface area contributed by atoms with Crippen molar-refractivity contribution in [3.05, 3.63) is 0 Å². The van der Waals surface area contributed by atoms with Crippen molar-refractivity contribution in [3.8, 4) is 0 Å². The Labute approximate surface area is 121 Å². The summed E-state index contributed by atoms with van der Waals surface area (Å²) in [4.78, 5) is 26.0. The zero-order valence-electron chi connectivity index (χ0n) is 13.4. The van der Waals surface area contributed by atoms with Crippen molar-refractivity contribution in [3.63, 3.8) is 0 Å². The first-order chi connectivity index (χ1) is 9.14. The van der Waals surface area contributed by atoms with Gasteiger partial charge in [0.1, 0.15) is 0 Å². The largest absolute Gasteiger partial charge is 0.503 e. The number of hydrogen-bond donors (Lipinski definition) is 0. The number of rotatable bonds is 5. The lowest BCUT2D eigenvalue weighted by atomic mass is 10.0. The van der Waals surface area contributed by atoms with Crippen LogP contribution in [0.2, 0.25) is 5.54 Å². The molecule has 0 aromatic rings. The lowest BCUT2D eigenvalue weighted by Crippen LogP contribution is -2.51. The third-order valence-corrected chi connectivity index (χ3v) is 7.09. The van der Waals surface area contributed by atoms with Gasteiger partial charge in [0.25, 0.3) is 0 Å². The van der Waals surface area contributed by atoms with Crippen LogP contribution in [0.3, 0.4) is 0 Å². The van der Waals surface area contributed by atoms with Gasteiger partial charge >= 0.3 is 8.80 Å². The van der Waals surface area contributed by atoms with Crippen LogP contribution in [0.5, 0.6) is 0 Å². The number of carbonyl (C=O) groups excluding carboxylic acids is 2. The Bertz CT molecular complexity index is 380. The molecular formula is C13H25NO5Si. The Morgan fingerprint density at radius 1 is 1.15 bits per heavy atom. The SMILES string of the molecule is CO[Si](OC)(OC)C(C)C1CC(=O)N(C(C)(C)C)C1=O. The molecule has 0 aliphatic carbocycles. The summed E-state index contributed by atoms with van der Waals surface area (Å²) in [6.07, 6.45) is 0.183. The van der Waals surface area contributed by atoms with Crippen molar-refractivity contribution >= 4 is 20.6 Å². The number of hydrogen-bond acceptors (Lipinski definition) is 5. The maximum Gasteiger partial charge on any atom is 0.503 e. The second kappa shape index (κ2) is 5.93. The van der Waals surface area contributed by atoms with Crippen LogP contribution in [0.1, 0.15) is 34.1 Å². The van der Waals surface area contributed by atoms with Crippen LogP contribution in [0, 0.1) is 5.92 Å². The molecule has 2 amide bonds. The van der Waals surface area contributed by atoms with Crippen molar-refractivity contribution in [2.45, 2.75) is 45.2 Å². The van der Waals surface area contributed by atoms with Gasteiger partial charge in [-0.25, -0.2) is 0 Å². The van der Waals surface area contributed by atoms with Crippen LogP contribution < -0.4 is 0 Å². The lowest BCUT2D eigenvalue weighted by Gasteiger charge is -2.34. The summed E-state index contributed by atoms with van der Waals surface area (Å²) in [7, 11) is 1.59. The van der Waals surface area contributed by atoms with Gasteiger partial charge < -0.3 is 13.3 Å². The number of imide groups is 1. The van der Waals surface area contributed by atoms with Gasteiger partial charge in [-0.1, -0.05) is 6.92 Å². The molecular weight excluding hydrogens is 278 g/mol. The van der Waals surface area contributed by atoms with E-state index in [1.807, 2.05) is 27.7 Å². The molecule has 0 aromatic carbocycles. The average molecular weight is 303 g/mol. The average Bonchev–Trinajstić information content (AvgIpc) is 2.66. The second-order valence-corrected chi connectivity index (χ2v) is 9.40. The fourth-order valence-electron chi connectivity index (χ4n) is 2.80. The maximum absolute atomic E-state index is 12.6. The van der Waals surface area contributed by atoms with Crippen molar-refractivity contribution in [2.24, 2.45) is 5.92 Å². The van der Waals surface area contributed by atoms with Crippen LogP contribution in [0.4, 0.5) is 0 Å². The first-order valence-corrected chi connectivity index (χ1v) is 8.47. The first-order valence-electron chi connectivity index (χ1n) is 6.67. The quantitative estimate of drug-likeness (QED) is 0.568. The number of nitrogens with zero attached hydrogens (tertiary/aromatic N) is 1. The first kappa shape index (κ1) is 17.3. The standard InChI is InChI=1S/C13H25NO5Si/c1-9(20(17-5,18-6)19-7)10-8-11(15)14(12(10)16)13(2,3)4/h9-10H,8H2,1-7H3. The van der Waals surface area contributed by atoms with E-state index in [1.54, 1.807) is 0 Å². The zero-order chi connectivity index (χ0) is 15.7.